The highest BCUT2D eigenvalue weighted by Gasteiger charge is 2.12. The monoisotopic (exact) mass is 281 g/mol. The molecular formula is C15H21OS2. The fraction of sp³-hybridized carbons (Fsp3) is 0.533. The molecule has 0 aromatic carbocycles. The summed E-state index contributed by atoms with van der Waals surface area (Å²) in [4.78, 5) is 1.52. The maximum atomic E-state index is 5.55. The van der Waals surface area contributed by atoms with Crippen LogP contribution in [0.15, 0.2) is 12.1 Å². The smallest absolute Gasteiger partial charge is 0.175 e. The lowest BCUT2D eigenvalue weighted by atomic mass is 10.0. The predicted molar refractivity (Wildman–Crippen MR) is 83.1 cm³/mol. The Morgan fingerprint density at radius 1 is 1.22 bits per heavy atom. The lowest BCUT2D eigenvalue weighted by Crippen LogP contribution is -1.90. The first-order chi connectivity index (χ1) is 8.74. The van der Waals surface area contributed by atoms with E-state index in [1.165, 1.54) is 33.5 Å². The molecule has 1 radical (unpaired) electrons. The molecule has 0 saturated carbocycles. The third-order valence-corrected chi connectivity index (χ3v) is 5.51. The van der Waals surface area contributed by atoms with E-state index in [-0.39, 0.29) is 0 Å². The summed E-state index contributed by atoms with van der Waals surface area (Å²) in [6, 6.07) is 4.53. The number of rotatable bonds is 7. The zero-order valence-electron chi connectivity index (χ0n) is 11.4. The topological polar surface area (TPSA) is 9.23 Å². The predicted octanol–water partition coefficient (Wildman–Crippen LogP) is 5.86. The van der Waals surface area contributed by atoms with Crippen LogP contribution in [0.5, 0.6) is 5.06 Å². The van der Waals surface area contributed by atoms with Gasteiger partial charge in [0.1, 0.15) is 0 Å². The van der Waals surface area contributed by atoms with E-state index >= 15 is 0 Å². The van der Waals surface area contributed by atoms with Gasteiger partial charge in [0.25, 0.3) is 0 Å². The second kappa shape index (κ2) is 6.58. The van der Waals surface area contributed by atoms with Gasteiger partial charge >= 0.3 is 0 Å². The van der Waals surface area contributed by atoms with Crippen molar-refractivity contribution >= 4 is 32.1 Å². The van der Waals surface area contributed by atoms with Gasteiger partial charge in [0.2, 0.25) is 0 Å². The van der Waals surface area contributed by atoms with Crippen LogP contribution in [0, 0.1) is 6.42 Å². The molecule has 18 heavy (non-hydrogen) atoms. The second-order valence-electron chi connectivity index (χ2n) is 4.55. The number of fused-ring (bicyclic) bond motifs is 1. The van der Waals surface area contributed by atoms with E-state index in [0.717, 1.165) is 11.7 Å². The molecule has 0 aliphatic carbocycles. The quantitative estimate of drug-likeness (QED) is 0.578. The first-order valence-corrected chi connectivity index (χ1v) is 8.35. The van der Waals surface area contributed by atoms with Crippen LogP contribution in [-0.4, -0.2) is 6.61 Å². The molecule has 1 atom stereocenters. The van der Waals surface area contributed by atoms with Gasteiger partial charge in [0.05, 0.1) is 6.61 Å². The largest absolute Gasteiger partial charge is 0.484 e. The van der Waals surface area contributed by atoms with E-state index in [4.69, 9.17) is 4.74 Å². The van der Waals surface area contributed by atoms with Crippen molar-refractivity contribution in [3.05, 3.63) is 23.4 Å². The second-order valence-corrected chi connectivity index (χ2v) is 6.71. The molecule has 2 rings (SSSR count). The van der Waals surface area contributed by atoms with Crippen LogP contribution >= 0.6 is 22.7 Å². The molecule has 2 aromatic rings. The van der Waals surface area contributed by atoms with E-state index in [1.807, 2.05) is 18.3 Å². The summed E-state index contributed by atoms with van der Waals surface area (Å²) < 4.78 is 8.31. The summed E-state index contributed by atoms with van der Waals surface area (Å²) in [7, 11) is 0. The van der Waals surface area contributed by atoms with Crippen molar-refractivity contribution < 1.29 is 4.74 Å². The molecule has 0 fully saturated rings. The van der Waals surface area contributed by atoms with Gasteiger partial charge in [-0.1, -0.05) is 31.6 Å². The van der Waals surface area contributed by atoms with Gasteiger partial charge in [-0.05, 0) is 38.2 Å². The van der Waals surface area contributed by atoms with Crippen molar-refractivity contribution in [3.63, 3.8) is 0 Å². The van der Waals surface area contributed by atoms with Gasteiger partial charge in [-0.15, -0.1) is 11.3 Å². The minimum Gasteiger partial charge on any atom is -0.484 e. The Hall–Kier alpha value is -0.540. The molecule has 1 unspecified atom stereocenters. The molecule has 0 saturated heterocycles. The van der Waals surface area contributed by atoms with Crippen LogP contribution in [0.1, 0.15) is 50.8 Å². The van der Waals surface area contributed by atoms with Gasteiger partial charge in [0.15, 0.2) is 5.06 Å². The summed E-state index contributed by atoms with van der Waals surface area (Å²) in [6.07, 6.45) is 6.05. The maximum absolute atomic E-state index is 5.55. The Morgan fingerprint density at radius 3 is 2.67 bits per heavy atom. The summed E-state index contributed by atoms with van der Waals surface area (Å²) in [5.41, 5.74) is 0. The fourth-order valence-corrected chi connectivity index (χ4v) is 4.39. The Kier molecular flexibility index (Phi) is 5.07. The molecule has 2 heterocycles. The van der Waals surface area contributed by atoms with Gasteiger partial charge in [-0.3, -0.25) is 0 Å². The minimum absolute atomic E-state index is 0.674. The Morgan fingerprint density at radius 2 is 2.00 bits per heavy atom. The maximum Gasteiger partial charge on any atom is 0.175 e. The lowest BCUT2D eigenvalue weighted by Gasteiger charge is -2.07. The highest BCUT2D eigenvalue weighted by atomic mass is 32.1. The van der Waals surface area contributed by atoms with Crippen molar-refractivity contribution in [1.82, 2.24) is 0 Å². The standard InChI is InChI=1S/C15H21OS2/c1-4-6-7-8-11(3)12-9-13-14(17-12)10-15(18-13)16-5-2/h6,9-11H,4-5,7-8H2,1-3H3. The van der Waals surface area contributed by atoms with Crippen molar-refractivity contribution in [3.8, 4) is 5.06 Å². The van der Waals surface area contributed by atoms with Crippen LogP contribution in [0.2, 0.25) is 0 Å². The molecule has 3 heteroatoms. The number of hydrogen-bond acceptors (Lipinski definition) is 3. The normalized spacial score (nSPS) is 13.1. The summed E-state index contributed by atoms with van der Waals surface area (Å²) in [5.74, 6) is 0.674. The van der Waals surface area contributed by atoms with Crippen LogP contribution in [-0.2, 0) is 0 Å². The molecule has 0 aliphatic heterocycles. The number of hydrogen-bond donors (Lipinski definition) is 0. The van der Waals surface area contributed by atoms with Crippen molar-refractivity contribution in [2.24, 2.45) is 0 Å². The van der Waals surface area contributed by atoms with Crippen molar-refractivity contribution in [1.29, 1.82) is 0 Å². The van der Waals surface area contributed by atoms with E-state index in [2.05, 4.69) is 32.4 Å². The molecule has 0 aliphatic rings. The van der Waals surface area contributed by atoms with Crippen LogP contribution in [0.4, 0.5) is 0 Å². The minimum atomic E-state index is 0.674. The summed E-state index contributed by atoms with van der Waals surface area (Å²) in [6.45, 7) is 7.33. The van der Waals surface area contributed by atoms with Crippen LogP contribution in [0.3, 0.4) is 0 Å². The van der Waals surface area contributed by atoms with Crippen molar-refractivity contribution in [2.45, 2.75) is 46.0 Å². The number of unbranched alkanes of at least 4 members (excludes halogenated alkanes) is 2. The Balaban J connectivity index is 2.03. The molecule has 0 bridgehead atoms. The zero-order chi connectivity index (χ0) is 13.0. The number of ether oxygens (including phenoxy) is 1. The molecule has 0 amide bonds. The Bertz CT molecular complexity index is 452. The molecule has 2 aromatic heterocycles. The highest BCUT2D eigenvalue weighted by molar-refractivity contribution is 7.28. The van der Waals surface area contributed by atoms with E-state index in [1.54, 1.807) is 11.3 Å². The average molecular weight is 281 g/mol. The van der Waals surface area contributed by atoms with E-state index in [0.29, 0.717) is 5.92 Å². The zero-order valence-corrected chi connectivity index (χ0v) is 13.0. The van der Waals surface area contributed by atoms with Gasteiger partial charge in [0, 0.05) is 20.3 Å². The van der Waals surface area contributed by atoms with Crippen molar-refractivity contribution in [2.75, 3.05) is 6.61 Å². The molecule has 0 N–H and O–H groups in total. The van der Waals surface area contributed by atoms with Gasteiger partial charge < -0.3 is 4.74 Å². The van der Waals surface area contributed by atoms with Gasteiger partial charge in [-0.25, -0.2) is 0 Å². The Labute approximate surface area is 118 Å². The summed E-state index contributed by atoms with van der Waals surface area (Å²) in [5, 5.41) is 1.05. The van der Waals surface area contributed by atoms with Crippen LogP contribution in [0.25, 0.3) is 9.40 Å². The van der Waals surface area contributed by atoms with Gasteiger partial charge in [-0.2, -0.15) is 0 Å². The van der Waals surface area contributed by atoms with Crippen LogP contribution < -0.4 is 4.74 Å². The third-order valence-electron chi connectivity index (χ3n) is 3.07. The number of thiophene rings is 2. The highest BCUT2D eigenvalue weighted by Crippen LogP contribution is 2.40. The molecule has 1 nitrogen and oxygen atoms in total. The first-order valence-electron chi connectivity index (χ1n) is 6.72. The molecule has 99 valence electrons. The molecule has 0 spiro atoms. The summed E-state index contributed by atoms with van der Waals surface area (Å²) >= 11 is 3.70. The average Bonchev–Trinajstić information content (AvgIpc) is 2.87. The third kappa shape index (κ3) is 3.27. The van der Waals surface area contributed by atoms with E-state index < -0.39 is 0 Å². The van der Waals surface area contributed by atoms with E-state index in [9.17, 15) is 0 Å². The molecular weight excluding hydrogens is 260 g/mol. The first kappa shape index (κ1) is 13.9. The lowest BCUT2D eigenvalue weighted by molar-refractivity contribution is 0.350. The SMILES string of the molecule is CC[CH]CCC(C)c1cc2sc(OCC)cc2s1. The fourth-order valence-electron chi connectivity index (χ4n) is 2.00.